The summed E-state index contributed by atoms with van der Waals surface area (Å²) in [6.07, 6.45) is -0.480. The summed E-state index contributed by atoms with van der Waals surface area (Å²) >= 11 is 0. The van der Waals surface area contributed by atoms with Crippen LogP contribution in [0.25, 0.3) is 10.9 Å². The molecule has 1 aliphatic heterocycles. The van der Waals surface area contributed by atoms with Crippen molar-refractivity contribution in [1.82, 2.24) is 9.88 Å². The van der Waals surface area contributed by atoms with Gasteiger partial charge in [-0.05, 0) is 57.0 Å². The van der Waals surface area contributed by atoms with Crippen LogP contribution in [0, 0.1) is 28.7 Å². The number of nitrogens with one attached hydrogen (secondary N) is 1. The van der Waals surface area contributed by atoms with E-state index in [1.54, 1.807) is 12.1 Å². The number of piperidine rings is 1. The van der Waals surface area contributed by atoms with E-state index in [0.717, 1.165) is 12.3 Å². The van der Waals surface area contributed by atoms with Gasteiger partial charge in [-0.3, -0.25) is 9.78 Å². The van der Waals surface area contributed by atoms with Crippen molar-refractivity contribution in [2.24, 2.45) is 5.41 Å². The Bertz CT molecular complexity index is 1310. The van der Waals surface area contributed by atoms with Gasteiger partial charge in [-0.25, -0.2) is 22.0 Å². The molecule has 0 radical (unpaired) electrons. The zero-order chi connectivity index (χ0) is 27.4. The molecule has 0 bridgehead atoms. The van der Waals surface area contributed by atoms with Gasteiger partial charge in [0, 0.05) is 36.2 Å². The van der Waals surface area contributed by atoms with Crippen molar-refractivity contribution in [1.29, 1.82) is 0 Å². The normalized spacial score (nSPS) is 16.4. The first-order valence-corrected chi connectivity index (χ1v) is 12.2. The molecule has 0 spiro atoms. The van der Waals surface area contributed by atoms with E-state index in [-0.39, 0.29) is 48.9 Å². The molecule has 6 nitrogen and oxygen atoms in total. The molecular weight excluding hydrogens is 509 g/mol. The Balaban J connectivity index is 1.37. The van der Waals surface area contributed by atoms with E-state index in [2.05, 4.69) is 10.3 Å². The lowest BCUT2D eigenvalue weighted by Crippen LogP contribution is -2.45. The van der Waals surface area contributed by atoms with Gasteiger partial charge in [0.2, 0.25) is 0 Å². The summed E-state index contributed by atoms with van der Waals surface area (Å²) in [5.41, 5.74) is -1.23. The van der Waals surface area contributed by atoms with Crippen molar-refractivity contribution < 1.29 is 36.6 Å². The summed E-state index contributed by atoms with van der Waals surface area (Å²) in [4.78, 5) is 18.2. The highest BCUT2D eigenvalue weighted by Crippen LogP contribution is 2.41. The molecule has 1 saturated heterocycles. The van der Waals surface area contributed by atoms with E-state index in [1.165, 1.54) is 13.2 Å². The van der Waals surface area contributed by atoms with Crippen molar-refractivity contribution in [2.75, 3.05) is 38.6 Å². The zero-order valence-electron chi connectivity index (χ0n) is 20.7. The number of carboxylic acid groups (broad SMARTS) is 1. The predicted molar refractivity (Wildman–Crippen MR) is 132 cm³/mol. The molecule has 4 rings (SSSR count). The number of fused-ring (bicyclic) bond motifs is 1. The molecule has 0 unspecified atom stereocenters. The molecule has 204 valence electrons. The van der Waals surface area contributed by atoms with Gasteiger partial charge in [-0.1, -0.05) is 0 Å². The number of likely N-dealkylation sites (tertiary alicyclic amines) is 1. The van der Waals surface area contributed by atoms with Gasteiger partial charge in [0.25, 0.3) is 0 Å². The minimum absolute atomic E-state index is 0.0105. The fourth-order valence-electron chi connectivity index (χ4n) is 4.97. The average Bonchev–Trinajstić information content (AvgIpc) is 2.90. The first-order valence-electron chi connectivity index (χ1n) is 12.2. The number of rotatable bonds is 10. The van der Waals surface area contributed by atoms with Crippen molar-refractivity contribution in [3.8, 4) is 5.75 Å². The van der Waals surface area contributed by atoms with E-state index < -0.39 is 40.8 Å². The molecule has 38 heavy (non-hydrogen) atoms. The maximum absolute atomic E-state index is 15.4. The van der Waals surface area contributed by atoms with Gasteiger partial charge in [0.1, 0.15) is 23.6 Å². The Morgan fingerprint density at radius 2 is 1.89 bits per heavy atom. The number of carboxylic acids is 1. The molecule has 0 amide bonds. The number of aliphatic carboxylic acids is 1. The summed E-state index contributed by atoms with van der Waals surface area (Å²) in [7, 11) is 1.44. The Morgan fingerprint density at radius 1 is 1.16 bits per heavy atom. The molecule has 2 aromatic carbocycles. The largest absolute Gasteiger partial charge is 0.497 e. The molecule has 2 N–H and O–H groups in total. The van der Waals surface area contributed by atoms with Gasteiger partial charge < -0.3 is 20.1 Å². The van der Waals surface area contributed by atoms with E-state index in [9.17, 15) is 27.5 Å². The van der Waals surface area contributed by atoms with Crippen LogP contribution >= 0.6 is 0 Å². The molecular formula is C27H28F5N3O3. The van der Waals surface area contributed by atoms with Crippen LogP contribution in [0.15, 0.2) is 36.5 Å². The van der Waals surface area contributed by atoms with Gasteiger partial charge >= 0.3 is 5.97 Å². The fraction of sp³-hybridized carbons (Fsp3) is 0.407. The minimum Gasteiger partial charge on any atom is -0.497 e. The summed E-state index contributed by atoms with van der Waals surface area (Å²) in [6, 6.07) is 6.08. The molecule has 11 heteroatoms. The number of alkyl halides is 1. The summed E-state index contributed by atoms with van der Waals surface area (Å²) < 4.78 is 75.8. The topological polar surface area (TPSA) is 74.7 Å². The van der Waals surface area contributed by atoms with Crippen LogP contribution in [0.3, 0.4) is 0 Å². The highest BCUT2D eigenvalue weighted by atomic mass is 19.2. The van der Waals surface area contributed by atoms with Gasteiger partial charge in [0.05, 0.1) is 29.9 Å². The SMILES string of the molecule is COc1ccc2ncc(F)c([C@H](F)CCC3(C(=O)O)CCN(CCNc4cc(F)cc(F)c4F)CC3)c2c1. The Morgan fingerprint density at radius 3 is 2.58 bits per heavy atom. The Kier molecular flexibility index (Phi) is 8.35. The van der Waals surface area contributed by atoms with Gasteiger partial charge in [0.15, 0.2) is 11.6 Å². The maximum Gasteiger partial charge on any atom is 0.309 e. The van der Waals surface area contributed by atoms with Crippen LogP contribution in [0.5, 0.6) is 5.75 Å². The number of ether oxygens (including phenoxy) is 1. The third-order valence-corrected chi connectivity index (χ3v) is 7.26. The molecule has 1 aromatic heterocycles. The van der Waals surface area contributed by atoms with Crippen molar-refractivity contribution in [3.05, 3.63) is 65.4 Å². The van der Waals surface area contributed by atoms with Crippen LogP contribution in [0.1, 0.15) is 37.4 Å². The number of pyridine rings is 1. The standard InChI is InChI=1S/C27H28F5N3O3/c1-38-17-2-3-22-18(14-17)24(21(31)15-34-22)19(29)4-5-27(26(36)37)6-9-35(10-7-27)11-8-33-23-13-16(28)12-20(30)25(23)32/h2-3,12-15,19,33H,4-11H2,1H3,(H,36,37)/t19-/m1/s1. The van der Waals surface area contributed by atoms with E-state index >= 15 is 4.39 Å². The second-order valence-corrected chi connectivity index (χ2v) is 9.51. The third kappa shape index (κ3) is 5.82. The Hall–Kier alpha value is -3.47. The van der Waals surface area contributed by atoms with E-state index in [0.29, 0.717) is 37.0 Å². The third-order valence-electron chi connectivity index (χ3n) is 7.26. The zero-order valence-corrected chi connectivity index (χ0v) is 20.7. The fourth-order valence-corrected chi connectivity index (χ4v) is 4.97. The molecule has 0 saturated carbocycles. The summed E-state index contributed by atoms with van der Waals surface area (Å²) in [5.74, 6) is -4.79. The quantitative estimate of drug-likeness (QED) is 0.249. The van der Waals surface area contributed by atoms with Crippen LogP contribution in [0.2, 0.25) is 0 Å². The molecule has 1 fully saturated rings. The van der Waals surface area contributed by atoms with Crippen molar-refractivity contribution >= 4 is 22.6 Å². The average molecular weight is 538 g/mol. The molecule has 3 aromatic rings. The monoisotopic (exact) mass is 537 g/mol. The molecule has 0 aliphatic carbocycles. The maximum atomic E-state index is 15.4. The number of aromatic nitrogens is 1. The number of anilines is 1. The second-order valence-electron chi connectivity index (χ2n) is 9.51. The number of methoxy groups -OCH3 is 1. The van der Waals surface area contributed by atoms with Crippen LogP contribution in [-0.2, 0) is 4.79 Å². The lowest BCUT2D eigenvalue weighted by molar-refractivity contribution is -0.153. The van der Waals surface area contributed by atoms with Crippen LogP contribution in [-0.4, -0.2) is 54.2 Å². The lowest BCUT2D eigenvalue weighted by atomic mass is 9.74. The second kappa shape index (κ2) is 11.5. The van der Waals surface area contributed by atoms with Gasteiger partial charge in [-0.15, -0.1) is 0 Å². The van der Waals surface area contributed by atoms with E-state index in [1.807, 2.05) is 4.90 Å². The number of carbonyl (C=O) groups is 1. The predicted octanol–water partition coefficient (Wildman–Crippen LogP) is 5.87. The number of benzene rings is 2. The number of halogens is 5. The smallest absolute Gasteiger partial charge is 0.309 e. The van der Waals surface area contributed by atoms with Crippen molar-refractivity contribution in [3.63, 3.8) is 0 Å². The highest BCUT2D eigenvalue weighted by molar-refractivity contribution is 5.84. The summed E-state index contributed by atoms with van der Waals surface area (Å²) in [5, 5.41) is 12.9. The first-order chi connectivity index (χ1) is 18.1. The summed E-state index contributed by atoms with van der Waals surface area (Å²) in [6.45, 7) is 1.34. The molecule has 1 aliphatic rings. The first kappa shape index (κ1) is 27.6. The minimum atomic E-state index is -1.74. The van der Waals surface area contributed by atoms with Crippen LogP contribution in [0.4, 0.5) is 27.6 Å². The van der Waals surface area contributed by atoms with E-state index in [4.69, 9.17) is 4.74 Å². The lowest BCUT2D eigenvalue weighted by Gasteiger charge is -2.39. The Labute approximate surface area is 216 Å². The number of nitrogens with zero attached hydrogens (tertiary/aromatic N) is 2. The van der Waals surface area contributed by atoms with Crippen LogP contribution < -0.4 is 10.1 Å². The highest BCUT2D eigenvalue weighted by Gasteiger charge is 2.41. The molecule has 1 atom stereocenters. The molecule has 2 heterocycles. The van der Waals surface area contributed by atoms with Crippen molar-refractivity contribution in [2.45, 2.75) is 31.9 Å². The number of hydrogen-bond donors (Lipinski definition) is 2. The number of hydrogen-bond acceptors (Lipinski definition) is 5. The van der Waals surface area contributed by atoms with Gasteiger partial charge in [-0.2, -0.15) is 0 Å².